The lowest BCUT2D eigenvalue weighted by molar-refractivity contribution is -0.128. The van der Waals surface area contributed by atoms with E-state index in [1.165, 1.54) is 7.11 Å². The topological polar surface area (TPSA) is 97.4 Å². The summed E-state index contributed by atoms with van der Waals surface area (Å²) < 4.78 is 15.7. The number of rotatable bonds is 7. The van der Waals surface area contributed by atoms with Gasteiger partial charge in [-0.1, -0.05) is 24.3 Å². The molecule has 1 aliphatic heterocycles. The van der Waals surface area contributed by atoms with Crippen molar-refractivity contribution in [2.24, 2.45) is 0 Å². The second kappa shape index (κ2) is 11.7. The molecule has 2 aromatic rings. The van der Waals surface area contributed by atoms with Gasteiger partial charge in [-0.15, -0.1) is 0 Å². The number of benzene rings is 2. The number of ether oxygens (including phenoxy) is 3. The predicted molar refractivity (Wildman–Crippen MR) is 127 cm³/mol. The van der Waals surface area contributed by atoms with Crippen molar-refractivity contribution in [3.05, 3.63) is 65.4 Å². The van der Waals surface area contributed by atoms with Gasteiger partial charge in [0.25, 0.3) is 11.8 Å². The van der Waals surface area contributed by atoms with Crippen LogP contribution in [0.5, 0.6) is 11.5 Å². The van der Waals surface area contributed by atoms with Crippen LogP contribution in [0.3, 0.4) is 0 Å². The summed E-state index contributed by atoms with van der Waals surface area (Å²) in [5.74, 6) is 0.310. The summed E-state index contributed by atoms with van der Waals surface area (Å²) >= 11 is 0. The highest BCUT2D eigenvalue weighted by Crippen LogP contribution is 2.28. The molecule has 9 nitrogen and oxygen atoms in total. The number of piperazine rings is 1. The fourth-order valence-electron chi connectivity index (χ4n) is 3.52. The van der Waals surface area contributed by atoms with Gasteiger partial charge in [-0.05, 0) is 42.8 Å². The minimum atomic E-state index is -0.397. The zero-order valence-electron chi connectivity index (χ0n) is 19.6. The molecule has 9 heteroatoms. The Morgan fingerprint density at radius 2 is 1.56 bits per heavy atom. The Bertz CT molecular complexity index is 1050. The van der Waals surface area contributed by atoms with Gasteiger partial charge in [0.2, 0.25) is 0 Å². The summed E-state index contributed by atoms with van der Waals surface area (Å²) in [6.07, 6.45) is 1.20. The zero-order chi connectivity index (χ0) is 24.5. The highest BCUT2D eigenvalue weighted by atomic mass is 16.6. The first kappa shape index (κ1) is 24.6. The van der Waals surface area contributed by atoms with Gasteiger partial charge in [0.15, 0.2) is 11.5 Å². The molecule has 1 heterocycles. The fourth-order valence-corrected chi connectivity index (χ4v) is 3.52. The molecule has 3 rings (SSSR count). The van der Waals surface area contributed by atoms with Gasteiger partial charge in [0.05, 0.1) is 20.8 Å². The van der Waals surface area contributed by atoms with E-state index in [0.717, 1.165) is 0 Å². The van der Waals surface area contributed by atoms with E-state index in [1.807, 2.05) is 6.07 Å². The van der Waals surface area contributed by atoms with Crippen molar-refractivity contribution in [3.63, 3.8) is 0 Å². The van der Waals surface area contributed by atoms with E-state index in [-0.39, 0.29) is 11.6 Å². The Labute approximate surface area is 198 Å². The van der Waals surface area contributed by atoms with Crippen molar-refractivity contribution in [1.29, 1.82) is 0 Å². The predicted octanol–water partition coefficient (Wildman–Crippen LogP) is 2.78. The molecule has 34 heavy (non-hydrogen) atoms. The van der Waals surface area contributed by atoms with Crippen LogP contribution in [0.2, 0.25) is 0 Å². The average Bonchev–Trinajstić information content (AvgIpc) is 2.88. The molecule has 0 aromatic heterocycles. The van der Waals surface area contributed by atoms with Gasteiger partial charge in [0.1, 0.15) is 5.70 Å². The van der Waals surface area contributed by atoms with E-state index in [1.54, 1.807) is 72.4 Å². The van der Waals surface area contributed by atoms with Crippen LogP contribution >= 0.6 is 0 Å². The maximum atomic E-state index is 13.4. The van der Waals surface area contributed by atoms with Crippen LogP contribution < -0.4 is 14.8 Å². The van der Waals surface area contributed by atoms with Crippen molar-refractivity contribution < 1.29 is 28.6 Å². The number of hydrogen-bond acceptors (Lipinski definition) is 6. The zero-order valence-corrected chi connectivity index (χ0v) is 19.6. The number of amides is 3. The minimum Gasteiger partial charge on any atom is -0.493 e. The van der Waals surface area contributed by atoms with E-state index in [4.69, 9.17) is 14.2 Å². The highest BCUT2D eigenvalue weighted by molar-refractivity contribution is 6.05. The van der Waals surface area contributed by atoms with Crippen molar-refractivity contribution in [2.45, 2.75) is 6.92 Å². The maximum Gasteiger partial charge on any atom is 0.409 e. The molecule has 0 spiro atoms. The van der Waals surface area contributed by atoms with Gasteiger partial charge in [0, 0.05) is 31.7 Å². The lowest BCUT2D eigenvalue weighted by atomic mass is 10.1. The van der Waals surface area contributed by atoms with Crippen LogP contribution in [0.1, 0.15) is 22.8 Å². The lowest BCUT2D eigenvalue weighted by Gasteiger charge is -2.34. The Morgan fingerprint density at radius 3 is 2.18 bits per heavy atom. The molecule has 0 atom stereocenters. The number of methoxy groups -OCH3 is 2. The molecule has 0 bridgehead atoms. The Hall–Kier alpha value is -4.01. The third-order valence-corrected chi connectivity index (χ3v) is 5.33. The first-order valence-corrected chi connectivity index (χ1v) is 11.0. The summed E-state index contributed by atoms with van der Waals surface area (Å²) in [5.41, 5.74) is 1.20. The molecular weight excluding hydrogens is 438 g/mol. The molecule has 0 radical (unpaired) electrons. The molecule has 1 saturated heterocycles. The molecule has 180 valence electrons. The van der Waals surface area contributed by atoms with Crippen molar-refractivity contribution in [2.75, 3.05) is 47.0 Å². The smallest absolute Gasteiger partial charge is 0.409 e. The summed E-state index contributed by atoms with van der Waals surface area (Å²) in [5, 5.41) is 2.75. The van der Waals surface area contributed by atoms with Crippen LogP contribution in [0.4, 0.5) is 4.79 Å². The first-order chi connectivity index (χ1) is 16.5. The van der Waals surface area contributed by atoms with Crippen LogP contribution in [0.15, 0.2) is 54.2 Å². The number of hydrogen-bond donors (Lipinski definition) is 1. The summed E-state index contributed by atoms with van der Waals surface area (Å²) in [7, 11) is 3.07. The summed E-state index contributed by atoms with van der Waals surface area (Å²) in [4.78, 5) is 41.4. The molecule has 1 aliphatic rings. The molecule has 0 unspecified atom stereocenters. The largest absolute Gasteiger partial charge is 0.493 e. The average molecular weight is 468 g/mol. The first-order valence-electron chi connectivity index (χ1n) is 11.0. The van der Waals surface area contributed by atoms with Gasteiger partial charge in [-0.25, -0.2) is 4.79 Å². The standard InChI is InChI=1S/C25H29N3O6/c1-4-34-25(31)28-14-12-27(13-15-28)24(30)20(26-23(29)19-8-6-5-7-9-19)16-18-10-11-21(32-2)22(17-18)33-3/h5-11,16-17H,4,12-15H2,1-3H3,(H,26,29). The van der Waals surface area contributed by atoms with Crippen LogP contribution in [-0.2, 0) is 9.53 Å². The number of nitrogens with zero attached hydrogens (tertiary/aromatic N) is 2. The Kier molecular flexibility index (Phi) is 8.50. The quantitative estimate of drug-likeness (QED) is 0.629. The van der Waals surface area contributed by atoms with E-state index >= 15 is 0 Å². The molecule has 3 amide bonds. The molecule has 1 N–H and O–H groups in total. The maximum absolute atomic E-state index is 13.4. The SMILES string of the molecule is CCOC(=O)N1CCN(C(=O)C(=Cc2ccc(OC)c(OC)c2)NC(=O)c2ccccc2)CC1. The Morgan fingerprint density at radius 1 is 0.912 bits per heavy atom. The molecule has 1 fully saturated rings. The Balaban J connectivity index is 1.84. The number of carbonyl (C=O) groups excluding carboxylic acids is 3. The van der Waals surface area contributed by atoms with Crippen molar-refractivity contribution in [3.8, 4) is 11.5 Å². The van der Waals surface area contributed by atoms with E-state index in [0.29, 0.717) is 55.4 Å². The third-order valence-electron chi connectivity index (χ3n) is 5.33. The normalized spacial score (nSPS) is 13.8. The van der Waals surface area contributed by atoms with Crippen LogP contribution in [0, 0.1) is 0 Å². The summed E-state index contributed by atoms with van der Waals surface area (Å²) in [6, 6.07) is 13.9. The van der Waals surface area contributed by atoms with Gasteiger partial charge in [-0.2, -0.15) is 0 Å². The third kappa shape index (κ3) is 6.06. The van der Waals surface area contributed by atoms with Crippen molar-refractivity contribution >= 4 is 24.0 Å². The van der Waals surface area contributed by atoms with Gasteiger partial charge < -0.3 is 29.3 Å². The number of nitrogens with one attached hydrogen (secondary N) is 1. The summed E-state index contributed by atoms with van der Waals surface area (Å²) in [6.45, 7) is 3.38. The minimum absolute atomic E-state index is 0.116. The van der Waals surface area contributed by atoms with Crippen LogP contribution in [-0.4, -0.2) is 74.7 Å². The monoisotopic (exact) mass is 467 g/mol. The number of carbonyl (C=O) groups is 3. The van der Waals surface area contributed by atoms with E-state index in [9.17, 15) is 14.4 Å². The lowest BCUT2D eigenvalue weighted by Crippen LogP contribution is -2.52. The molecular formula is C25H29N3O6. The second-order valence-electron chi connectivity index (χ2n) is 7.47. The molecule has 0 saturated carbocycles. The van der Waals surface area contributed by atoms with Gasteiger partial charge >= 0.3 is 6.09 Å². The second-order valence-corrected chi connectivity index (χ2v) is 7.47. The van der Waals surface area contributed by atoms with E-state index < -0.39 is 12.0 Å². The van der Waals surface area contributed by atoms with Gasteiger partial charge in [-0.3, -0.25) is 9.59 Å². The molecule has 0 aliphatic carbocycles. The van der Waals surface area contributed by atoms with E-state index in [2.05, 4.69) is 5.32 Å². The van der Waals surface area contributed by atoms with Crippen molar-refractivity contribution in [1.82, 2.24) is 15.1 Å². The molecule has 2 aromatic carbocycles. The highest BCUT2D eigenvalue weighted by Gasteiger charge is 2.27. The van der Waals surface area contributed by atoms with Crippen LogP contribution in [0.25, 0.3) is 6.08 Å². The fraction of sp³-hybridized carbons (Fsp3) is 0.320.